The van der Waals surface area contributed by atoms with Gasteiger partial charge in [0.15, 0.2) is 0 Å². The van der Waals surface area contributed by atoms with Crippen molar-refractivity contribution in [1.29, 1.82) is 0 Å². The molecular formula is C16H16N4O4S. The summed E-state index contributed by atoms with van der Waals surface area (Å²) in [7, 11) is -4.02. The number of rotatable bonds is 6. The van der Waals surface area contributed by atoms with Crippen LogP contribution in [0.15, 0.2) is 64.1 Å². The number of nitro benzene ring substituents is 1. The summed E-state index contributed by atoms with van der Waals surface area (Å²) in [4.78, 5) is 10.1. The van der Waals surface area contributed by atoms with E-state index >= 15 is 0 Å². The number of benzene rings is 2. The van der Waals surface area contributed by atoms with Gasteiger partial charge in [0.05, 0.1) is 16.0 Å². The minimum atomic E-state index is -4.02. The molecular weight excluding hydrogens is 344 g/mol. The molecule has 0 aromatic heterocycles. The fourth-order valence-corrected chi connectivity index (χ4v) is 2.52. The largest absolute Gasteiger partial charge is 0.295 e. The molecule has 0 saturated heterocycles. The van der Waals surface area contributed by atoms with Crippen LogP contribution in [-0.4, -0.2) is 19.6 Å². The molecule has 2 rings (SSSR count). The molecule has 0 atom stereocenters. The molecule has 130 valence electrons. The van der Waals surface area contributed by atoms with Gasteiger partial charge in [-0.15, -0.1) is 0 Å². The lowest BCUT2D eigenvalue weighted by Crippen LogP contribution is -2.12. The molecule has 9 heteroatoms. The SMILES string of the molecule is CC(C=NNc1ccc(S(N)(=O)=O)cc1[N+](=O)[O-])=Cc1ccccc1. The van der Waals surface area contributed by atoms with Crippen LogP contribution in [0.5, 0.6) is 0 Å². The maximum Gasteiger partial charge on any atom is 0.295 e. The number of anilines is 1. The number of hydrogen-bond donors (Lipinski definition) is 2. The predicted octanol–water partition coefficient (Wildman–Crippen LogP) is 2.74. The number of nitro groups is 1. The van der Waals surface area contributed by atoms with E-state index in [0.717, 1.165) is 17.2 Å². The number of nitrogens with two attached hydrogens (primary N) is 1. The van der Waals surface area contributed by atoms with E-state index in [0.29, 0.717) is 0 Å². The van der Waals surface area contributed by atoms with E-state index in [9.17, 15) is 18.5 Å². The van der Waals surface area contributed by atoms with E-state index in [2.05, 4.69) is 10.5 Å². The highest BCUT2D eigenvalue weighted by Crippen LogP contribution is 2.27. The second kappa shape index (κ2) is 7.69. The first-order chi connectivity index (χ1) is 11.8. The van der Waals surface area contributed by atoms with Crippen molar-refractivity contribution < 1.29 is 13.3 Å². The molecule has 0 heterocycles. The monoisotopic (exact) mass is 360 g/mol. The van der Waals surface area contributed by atoms with Crippen molar-refractivity contribution in [3.63, 3.8) is 0 Å². The van der Waals surface area contributed by atoms with E-state index < -0.39 is 20.6 Å². The number of nitrogens with one attached hydrogen (secondary N) is 1. The molecule has 3 N–H and O–H groups in total. The standard InChI is InChI=1S/C16H16N4O4S/c1-12(9-13-5-3-2-4-6-13)11-18-19-15-8-7-14(25(17,23)24)10-16(15)20(21)22/h2-11,19H,1H3,(H2,17,23,24). The van der Waals surface area contributed by atoms with Crippen LogP contribution in [0.1, 0.15) is 12.5 Å². The number of hydrazone groups is 1. The normalized spacial score (nSPS) is 12.3. The Hall–Kier alpha value is -3.04. The first kappa shape index (κ1) is 18.3. The Bertz CT molecular complexity index is 938. The van der Waals surface area contributed by atoms with Gasteiger partial charge in [-0.3, -0.25) is 15.5 Å². The zero-order valence-corrected chi connectivity index (χ0v) is 14.1. The lowest BCUT2D eigenvalue weighted by atomic mass is 10.1. The summed E-state index contributed by atoms with van der Waals surface area (Å²) < 4.78 is 22.6. The molecule has 2 aromatic carbocycles. The average Bonchev–Trinajstić information content (AvgIpc) is 2.54. The highest BCUT2D eigenvalue weighted by atomic mass is 32.2. The zero-order valence-electron chi connectivity index (χ0n) is 13.3. The predicted molar refractivity (Wildman–Crippen MR) is 96.7 cm³/mol. The van der Waals surface area contributed by atoms with Crippen molar-refractivity contribution in [3.05, 3.63) is 69.8 Å². The van der Waals surface area contributed by atoms with E-state index in [4.69, 9.17) is 5.14 Å². The number of allylic oxidation sites excluding steroid dienone is 1. The Labute approximate surface area is 144 Å². The lowest BCUT2D eigenvalue weighted by Gasteiger charge is -2.04. The molecule has 0 radical (unpaired) electrons. The third kappa shape index (κ3) is 5.23. The van der Waals surface area contributed by atoms with Crippen molar-refractivity contribution in [2.45, 2.75) is 11.8 Å². The summed E-state index contributed by atoms with van der Waals surface area (Å²) in [6.45, 7) is 1.83. The van der Waals surface area contributed by atoms with Gasteiger partial charge in [0.2, 0.25) is 10.0 Å². The van der Waals surface area contributed by atoms with Gasteiger partial charge in [0.25, 0.3) is 5.69 Å². The van der Waals surface area contributed by atoms with Gasteiger partial charge in [-0.05, 0) is 30.2 Å². The van der Waals surface area contributed by atoms with Crippen LogP contribution < -0.4 is 10.6 Å². The minimum Gasteiger partial charge on any atom is -0.272 e. The molecule has 0 amide bonds. The van der Waals surface area contributed by atoms with E-state index in [1.807, 2.05) is 43.3 Å². The first-order valence-electron chi connectivity index (χ1n) is 7.11. The lowest BCUT2D eigenvalue weighted by molar-refractivity contribution is -0.384. The number of sulfonamides is 1. The quantitative estimate of drug-likeness (QED) is 0.465. The van der Waals surface area contributed by atoms with Crippen molar-refractivity contribution in [2.24, 2.45) is 10.2 Å². The van der Waals surface area contributed by atoms with Gasteiger partial charge in [-0.25, -0.2) is 13.6 Å². The molecule has 0 aliphatic heterocycles. The molecule has 8 nitrogen and oxygen atoms in total. The zero-order chi connectivity index (χ0) is 18.4. The van der Waals surface area contributed by atoms with Crippen LogP contribution in [0.2, 0.25) is 0 Å². The fourth-order valence-electron chi connectivity index (χ4n) is 1.99. The summed E-state index contributed by atoms with van der Waals surface area (Å²) in [5.41, 5.74) is 3.98. The highest BCUT2D eigenvalue weighted by Gasteiger charge is 2.18. The van der Waals surface area contributed by atoms with E-state index in [-0.39, 0.29) is 10.6 Å². The summed E-state index contributed by atoms with van der Waals surface area (Å²) in [5, 5.41) is 20.0. The Morgan fingerprint density at radius 1 is 1.24 bits per heavy atom. The maximum absolute atomic E-state index is 11.3. The number of hydrogen-bond acceptors (Lipinski definition) is 6. The Balaban J connectivity index is 2.20. The molecule has 25 heavy (non-hydrogen) atoms. The van der Waals surface area contributed by atoms with Crippen molar-refractivity contribution in [1.82, 2.24) is 0 Å². The second-order valence-corrected chi connectivity index (χ2v) is 6.71. The Morgan fingerprint density at radius 3 is 2.52 bits per heavy atom. The molecule has 0 unspecified atom stereocenters. The van der Waals surface area contributed by atoms with Crippen molar-refractivity contribution in [2.75, 3.05) is 5.43 Å². The van der Waals surface area contributed by atoms with Crippen LogP contribution >= 0.6 is 0 Å². The number of nitrogens with zero attached hydrogens (tertiary/aromatic N) is 2. The third-order valence-corrected chi connectivity index (χ3v) is 4.05. The molecule has 0 fully saturated rings. The average molecular weight is 360 g/mol. The van der Waals surface area contributed by atoms with Crippen LogP contribution in [-0.2, 0) is 10.0 Å². The van der Waals surface area contributed by atoms with E-state index in [1.54, 1.807) is 0 Å². The van der Waals surface area contributed by atoms with Gasteiger partial charge in [0.1, 0.15) is 5.69 Å². The second-order valence-electron chi connectivity index (χ2n) is 5.15. The summed E-state index contributed by atoms with van der Waals surface area (Å²) >= 11 is 0. The Morgan fingerprint density at radius 2 is 1.92 bits per heavy atom. The fraction of sp³-hybridized carbons (Fsp3) is 0.0625. The highest BCUT2D eigenvalue weighted by molar-refractivity contribution is 7.89. The van der Waals surface area contributed by atoms with Crippen LogP contribution in [0.4, 0.5) is 11.4 Å². The van der Waals surface area contributed by atoms with Gasteiger partial charge in [-0.1, -0.05) is 36.4 Å². The smallest absolute Gasteiger partial charge is 0.272 e. The van der Waals surface area contributed by atoms with Crippen molar-refractivity contribution in [3.8, 4) is 0 Å². The molecule has 0 aliphatic carbocycles. The summed E-state index contributed by atoms with van der Waals surface area (Å²) in [5.74, 6) is 0. The maximum atomic E-state index is 11.3. The molecule has 0 saturated carbocycles. The van der Waals surface area contributed by atoms with Gasteiger partial charge in [0, 0.05) is 6.07 Å². The van der Waals surface area contributed by atoms with Crippen molar-refractivity contribution >= 4 is 33.7 Å². The van der Waals surface area contributed by atoms with Crippen LogP contribution in [0.25, 0.3) is 6.08 Å². The summed E-state index contributed by atoms with van der Waals surface area (Å²) in [6.07, 6.45) is 3.40. The first-order valence-corrected chi connectivity index (χ1v) is 8.65. The topological polar surface area (TPSA) is 128 Å². The van der Waals surface area contributed by atoms with Crippen LogP contribution in [0, 0.1) is 10.1 Å². The minimum absolute atomic E-state index is 0.0566. The molecule has 2 aromatic rings. The molecule has 0 spiro atoms. The van der Waals surface area contributed by atoms with Gasteiger partial charge >= 0.3 is 0 Å². The number of primary sulfonamides is 1. The van der Waals surface area contributed by atoms with E-state index in [1.165, 1.54) is 18.3 Å². The third-order valence-electron chi connectivity index (χ3n) is 3.14. The van der Waals surface area contributed by atoms with Gasteiger partial charge in [-0.2, -0.15) is 5.10 Å². The molecule has 0 bridgehead atoms. The molecule has 0 aliphatic rings. The van der Waals surface area contributed by atoms with Crippen LogP contribution in [0.3, 0.4) is 0 Å². The Kier molecular flexibility index (Phi) is 5.63. The summed E-state index contributed by atoms with van der Waals surface area (Å²) in [6, 6.07) is 12.9. The van der Waals surface area contributed by atoms with Gasteiger partial charge < -0.3 is 0 Å².